The number of hydrogen-bond acceptors (Lipinski definition) is 6. The van der Waals surface area contributed by atoms with Crippen molar-refractivity contribution in [2.45, 2.75) is 6.10 Å². The van der Waals surface area contributed by atoms with Crippen LogP contribution in [0.4, 0.5) is 5.82 Å². The molecular weight excluding hydrogens is 224 g/mol. The van der Waals surface area contributed by atoms with Crippen molar-refractivity contribution < 1.29 is 9.47 Å². The van der Waals surface area contributed by atoms with Gasteiger partial charge in [0.1, 0.15) is 0 Å². The van der Waals surface area contributed by atoms with Crippen LogP contribution in [0.3, 0.4) is 0 Å². The van der Waals surface area contributed by atoms with Gasteiger partial charge in [-0.1, -0.05) is 0 Å². The van der Waals surface area contributed by atoms with Crippen LogP contribution < -0.4 is 15.2 Å². The van der Waals surface area contributed by atoms with Crippen molar-refractivity contribution in [3.8, 4) is 11.8 Å². The second-order valence-corrected chi connectivity index (χ2v) is 3.52. The number of nitrogens with zero attached hydrogens (tertiary/aromatic N) is 3. The van der Waals surface area contributed by atoms with Crippen LogP contribution in [0.5, 0.6) is 5.75 Å². The van der Waals surface area contributed by atoms with E-state index < -0.39 is 6.10 Å². The average Bonchev–Trinajstić information content (AvgIpc) is 2.38. The fraction of sp³-hybridized carbons (Fsp3) is 0.500. The summed E-state index contributed by atoms with van der Waals surface area (Å²) in [6, 6.07) is 2.04. The van der Waals surface area contributed by atoms with E-state index in [1.54, 1.807) is 0 Å². The first-order valence-corrected chi connectivity index (χ1v) is 5.14. The molecule has 0 amide bonds. The van der Waals surface area contributed by atoms with E-state index in [-0.39, 0.29) is 11.3 Å². The first-order chi connectivity index (χ1) is 8.26. The summed E-state index contributed by atoms with van der Waals surface area (Å²) in [7, 11) is 1.41. The first kappa shape index (κ1) is 11.4. The fourth-order valence-electron chi connectivity index (χ4n) is 1.71. The van der Waals surface area contributed by atoms with Gasteiger partial charge in [-0.05, 0) is 0 Å². The Balaban J connectivity index is 2.31. The summed E-state index contributed by atoms with van der Waals surface area (Å²) in [6.45, 7) is 1.38. The van der Waals surface area contributed by atoms with E-state index in [1.165, 1.54) is 13.4 Å². The quantitative estimate of drug-likeness (QED) is 0.744. The maximum Gasteiger partial charge on any atom is 0.295 e. The third kappa shape index (κ3) is 2.21. The molecule has 1 aromatic heterocycles. The van der Waals surface area contributed by atoms with Crippen LogP contribution in [0.1, 0.15) is 0 Å². The molecule has 0 bridgehead atoms. The molecule has 1 N–H and O–H groups in total. The highest BCUT2D eigenvalue weighted by Crippen LogP contribution is 2.22. The number of aromatic amines is 1. The van der Waals surface area contributed by atoms with Gasteiger partial charge in [0.15, 0.2) is 11.9 Å². The number of nitriles is 1. The molecule has 7 nitrogen and oxygen atoms in total. The van der Waals surface area contributed by atoms with Gasteiger partial charge in [0.2, 0.25) is 5.75 Å². The molecule has 1 aliphatic rings. The minimum atomic E-state index is -0.505. The van der Waals surface area contributed by atoms with Crippen LogP contribution in [0.15, 0.2) is 11.1 Å². The van der Waals surface area contributed by atoms with Gasteiger partial charge in [-0.3, -0.25) is 4.79 Å². The highest BCUT2D eigenvalue weighted by Gasteiger charge is 2.24. The van der Waals surface area contributed by atoms with Gasteiger partial charge in [0, 0.05) is 6.54 Å². The molecule has 0 aliphatic carbocycles. The van der Waals surface area contributed by atoms with Crippen LogP contribution in [0, 0.1) is 11.3 Å². The maximum atomic E-state index is 11.5. The molecular formula is C10H12N4O3. The van der Waals surface area contributed by atoms with Crippen molar-refractivity contribution in [1.82, 2.24) is 9.97 Å². The van der Waals surface area contributed by atoms with Gasteiger partial charge in [-0.25, -0.2) is 4.98 Å². The molecule has 0 radical (unpaired) electrons. The number of nitrogens with one attached hydrogen (secondary N) is 1. The number of ether oxygens (including phenoxy) is 2. The van der Waals surface area contributed by atoms with Gasteiger partial charge < -0.3 is 19.4 Å². The average molecular weight is 236 g/mol. The Morgan fingerprint density at radius 2 is 2.59 bits per heavy atom. The third-order valence-electron chi connectivity index (χ3n) is 2.51. The van der Waals surface area contributed by atoms with Gasteiger partial charge in [-0.2, -0.15) is 5.26 Å². The topological polar surface area (TPSA) is 91.2 Å². The Morgan fingerprint density at radius 3 is 3.29 bits per heavy atom. The van der Waals surface area contributed by atoms with Crippen molar-refractivity contribution in [1.29, 1.82) is 5.26 Å². The summed E-state index contributed by atoms with van der Waals surface area (Å²) in [6.07, 6.45) is 0.811. The molecule has 0 saturated carbocycles. The molecule has 17 heavy (non-hydrogen) atoms. The monoisotopic (exact) mass is 236 g/mol. The second-order valence-electron chi connectivity index (χ2n) is 3.52. The zero-order chi connectivity index (χ0) is 12.3. The Kier molecular flexibility index (Phi) is 3.25. The Hall–Kier alpha value is -2.07. The third-order valence-corrected chi connectivity index (χ3v) is 2.51. The summed E-state index contributed by atoms with van der Waals surface area (Å²) < 4.78 is 10.3. The number of hydrogen-bond donors (Lipinski definition) is 1. The highest BCUT2D eigenvalue weighted by atomic mass is 16.5. The number of methoxy groups -OCH3 is 1. The SMILES string of the molecule is COc1c(N2CCOC(C#N)C2)nc[nH]c1=O. The predicted octanol–water partition coefficient (Wildman–Crippen LogP) is -0.493. The van der Waals surface area contributed by atoms with Crippen LogP contribution in [0.25, 0.3) is 0 Å². The number of anilines is 1. The molecule has 1 saturated heterocycles. The fourth-order valence-corrected chi connectivity index (χ4v) is 1.71. The molecule has 1 unspecified atom stereocenters. The van der Waals surface area contributed by atoms with Crippen molar-refractivity contribution in [3.63, 3.8) is 0 Å². The smallest absolute Gasteiger partial charge is 0.295 e. The van der Waals surface area contributed by atoms with Gasteiger partial charge in [0.05, 0.1) is 32.7 Å². The zero-order valence-corrected chi connectivity index (χ0v) is 9.34. The lowest BCUT2D eigenvalue weighted by Gasteiger charge is -2.30. The summed E-state index contributed by atoms with van der Waals surface area (Å²) in [5.41, 5.74) is -0.336. The van der Waals surface area contributed by atoms with E-state index in [1.807, 2.05) is 11.0 Å². The van der Waals surface area contributed by atoms with E-state index >= 15 is 0 Å². The molecule has 90 valence electrons. The van der Waals surface area contributed by atoms with Crippen LogP contribution in [-0.2, 0) is 4.74 Å². The number of rotatable bonds is 2. The first-order valence-electron chi connectivity index (χ1n) is 5.14. The molecule has 0 spiro atoms. The lowest BCUT2D eigenvalue weighted by atomic mass is 10.3. The normalized spacial score (nSPS) is 19.8. The lowest BCUT2D eigenvalue weighted by Crippen LogP contribution is -2.42. The van der Waals surface area contributed by atoms with E-state index in [0.717, 1.165) is 0 Å². The minimum Gasteiger partial charge on any atom is -0.489 e. The van der Waals surface area contributed by atoms with Crippen molar-refractivity contribution in [2.24, 2.45) is 0 Å². The van der Waals surface area contributed by atoms with Gasteiger partial charge >= 0.3 is 0 Å². The second kappa shape index (κ2) is 4.84. The summed E-state index contributed by atoms with van der Waals surface area (Å²) in [5, 5.41) is 8.82. The van der Waals surface area contributed by atoms with E-state index in [0.29, 0.717) is 25.5 Å². The summed E-state index contributed by atoms with van der Waals surface area (Å²) >= 11 is 0. The van der Waals surface area contributed by atoms with E-state index in [9.17, 15) is 4.79 Å². The van der Waals surface area contributed by atoms with Crippen molar-refractivity contribution >= 4 is 5.82 Å². The summed E-state index contributed by atoms with van der Waals surface area (Å²) in [5.74, 6) is 0.603. The van der Waals surface area contributed by atoms with Crippen molar-refractivity contribution in [3.05, 3.63) is 16.7 Å². The van der Waals surface area contributed by atoms with E-state index in [4.69, 9.17) is 14.7 Å². The molecule has 1 atom stereocenters. The lowest BCUT2D eigenvalue weighted by molar-refractivity contribution is 0.0759. The molecule has 1 fully saturated rings. The zero-order valence-electron chi connectivity index (χ0n) is 9.34. The minimum absolute atomic E-state index is 0.158. The molecule has 0 aromatic carbocycles. The van der Waals surface area contributed by atoms with Crippen LogP contribution in [0.2, 0.25) is 0 Å². The van der Waals surface area contributed by atoms with Crippen molar-refractivity contribution in [2.75, 3.05) is 31.7 Å². The van der Waals surface area contributed by atoms with Crippen LogP contribution in [-0.4, -0.2) is 42.9 Å². The van der Waals surface area contributed by atoms with Gasteiger partial charge in [-0.15, -0.1) is 0 Å². The predicted molar refractivity (Wildman–Crippen MR) is 59.0 cm³/mol. The largest absolute Gasteiger partial charge is 0.489 e. The molecule has 1 aliphatic heterocycles. The molecule has 2 rings (SSSR count). The molecule has 2 heterocycles. The Labute approximate surface area is 97.6 Å². The number of aromatic nitrogens is 2. The van der Waals surface area contributed by atoms with Gasteiger partial charge in [0.25, 0.3) is 5.56 Å². The maximum absolute atomic E-state index is 11.5. The molecule has 1 aromatic rings. The highest BCUT2D eigenvalue weighted by molar-refractivity contribution is 5.51. The van der Waals surface area contributed by atoms with Crippen LogP contribution >= 0.6 is 0 Å². The number of H-pyrrole nitrogens is 1. The number of morpholine rings is 1. The van der Waals surface area contributed by atoms with E-state index in [2.05, 4.69) is 9.97 Å². The Morgan fingerprint density at radius 1 is 1.76 bits per heavy atom. The standard InChI is InChI=1S/C10H12N4O3/c1-16-8-9(12-6-13-10(8)15)14-2-3-17-7(4-11)5-14/h6-7H,2-3,5H2,1H3,(H,12,13,15). The Bertz CT molecular complexity index is 493. The summed E-state index contributed by atoms with van der Waals surface area (Å²) in [4.78, 5) is 19.9. The molecule has 7 heteroatoms.